The first kappa shape index (κ1) is 28.9. The third-order valence-corrected chi connectivity index (χ3v) is 9.25. The van der Waals surface area contributed by atoms with Gasteiger partial charge in [0.25, 0.3) is 0 Å². The minimum Gasteiger partial charge on any atom is -0.454 e. The van der Waals surface area contributed by atoms with Crippen molar-refractivity contribution in [2.75, 3.05) is 0 Å². The smallest absolute Gasteiger partial charge is 0.164 e. The number of benzene rings is 5. The first-order valence-electron chi connectivity index (χ1n) is 16.7. The van der Waals surface area contributed by atoms with Gasteiger partial charge in [0.15, 0.2) is 23.1 Å². The van der Waals surface area contributed by atoms with Crippen molar-refractivity contribution in [2.24, 2.45) is 0 Å². The van der Waals surface area contributed by atoms with Gasteiger partial charge in [-0.3, -0.25) is 9.97 Å². The fourth-order valence-corrected chi connectivity index (χ4v) is 6.81. The van der Waals surface area contributed by atoms with E-state index in [2.05, 4.69) is 47.4 Å². The van der Waals surface area contributed by atoms with Crippen LogP contribution in [0, 0.1) is 0 Å². The van der Waals surface area contributed by atoms with Crippen LogP contribution in [0.5, 0.6) is 0 Å². The van der Waals surface area contributed by atoms with E-state index < -0.39 is 0 Å². The Morgan fingerprint density at radius 1 is 0.431 bits per heavy atom. The van der Waals surface area contributed by atoms with E-state index in [1.165, 1.54) is 0 Å². The Labute approximate surface area is 292 Å². The maximum atomic E-state index is 6.40. The van der Waals surface area contributed by atoms with Gasteiger partial charge in [-0.15, -0.1) is 0 Å². The highest BCUT2D eigenvalue weighted by Crippen LogP contribution is 2.39. The Morgan fingerprint density at radius 2 is 1.08 bits per heavy atom. The predicted octanol–water partition coefficient (Wildman–Crippen LogP) is 10.6. The van der Waals surface area contributed by atoms with E-state index in [-0.39, 0.29) is 0 Å². The second kappa shape index (κ2) is 11.8. The van der Waals surface area contributed by atoms with Crippen LogP contribution in [0.2, 0.25) is 0 Å². The van der Waals surface area contributed by atoms with Crippen LogP contribution in [0.4, 0.5) is 0 Å². The molecule has 51 heavy (non-hydrogen) atoms. The van der Waals surface area contributed by atoms with E-state index in [9.17, 15) is 0 Å². The zero-order valence-electron chi connectivity index (χ0n) is 27.1. The maximum Gasteiger partial charge on any atom is 0.164 e. The third-order valence-electron chi connectivity index (χ3n) is 9.25. The lowest BCUT2D eigenvalue weighted by Gasteiger charge is -2.14. The van der Waals surface area contributed by atoms with Crippen LogP contribution >= 0.6 is 0 Å². The molecule has 0 aliphatic rings. The van der Waals surface area contributed by atoms with Crippen LogP contribution in [0.3, 0.4) is 0 Å². The van der Waals surface area contributed by atoms with Gasteiger partial charge in [0.2, 0.25) is 0 Å². The predicted molar refractivity (Wildman–Crippen MR) is 203 cm³/mol. The molecule has 7 heteroatoms. The minimum absolute atomic E-state index is 0.587. The summed E-state index contributed by atoms with van der Waals surface area (Å²) in [5.41, 5.74) is 7.32. The van der Waals surface area contributed by atoms with Crippen molar-refractivity contribution in [3.8, 4) is 56.8 Å². The highest BCUT2D eigenvalue weighted by molar-refractivity contribution is 6.10. The van der Waals surface area contributed by atoms with Crippen LogP contribution in [0.15, 0.2) is 163 Å². The van der Waals surface area contributed by atoms with Gasteiger partial charge in [0, 0.05) is 57.0 Å². The van der Waals surface area contributed by atoms with Gasteiger partial charge < -0.3 is 4.42 Å². The summed E-state index contributed by atoms with van der Waals surface area (Å²) in [6.45, 7) is 0. The molecule has 7 nitrogen and oxygen atoms in total. The van der Waals surface area contributed by atoms with Gasteiger partial charge in [-0.1, -0.05) is 109 Å². The molecule has 0 fully saturated rings. The molecule has 0 aliphatic carbocycles. The van der Waals surface area contributed by atoms with E-state index in [0.717, 1.165) is 71.5 Å². The number of hydrogen-bond donors (Lipinski definition) is 0. The van der Waals surface area contributed by atoms with Gasteiger partial charge in [0.1, 0.15) is 17.0 Å². The monoisotopic (exact) mass is 654 g/mol. The molecule has 0 atom stereocenters. The van der Waals surface area contributed by atoms with E-state index in [1.807, 2.05) is 109 Å². The molecule has 5 aromatic carbocycles. The molecule has 0 N–H and O–H groups in total. The molecule has 5 aromatic heterocycles. The van der Waals surface area contributed by atoms with Gasteiger partial charge in [-0.2, -0.15) is 0 Å². The summed E-state index contributed by atoms with van der Waals surface area (Å²) in [7, 11) is 0. The van der Waals surface area contributed by atoms with E-state index in [1.54, 1.807) is 6.20 Å². The van der Waals surface area contributed by atoms with Crippen LogP contribution in [0.25, 0.3) is 100 Å². The number of nitrogens with zero attached hydrogens (tertiary/aromatic N) is 6. The lowest BCUT2D eigenvalue weighted by molar-refractivity contribution is 0.667. The zero-order chi connectivity index (χ0) is 33.7. The van der Waals surface area contributed by atoms with E-state index >= 15 is 0 Å². The molecular formula is C44H26N6O. The number of hydrogen-bond acceptors (Lipinski definition) is 7. The number of rotatable bonds is 5. The Balaban J connectivity index is 1.22. The second-order valence-electron chi connectivity index (χ2n) is 12.4. The fraction of sp³-hybridized carbons (Fsp3) is 0. The molecular weight excluding hydrogens is 629 g/mol. The molecule has 10 rings (SSSR count). The number of furan rings is 1. The molecule has 0 amide bonds. The summed E-state index contributed by atoms with van der Waals surface area (Å²) in [5.74, 6) is 1.81. The number of fused-ring (bicyclic) bond motifs is 5. The van der Waals surface area contributed by atoms with Crippen LogP contribution in [0.1, 0.15) is 0 Å². The largest absolute Gasteiger partial charge is 0.454 e. The lowest BCUT2D eigenvalue weighted by atomic mass is 9.96. The third kappa shape index (κ3) is 4.99. The first-order valence-corrected chi connectivity index (χ1v) is 16.7. The van der Waals surface area contributed by atoms with Crippen molar-refractivity contribution in [1.82, 2.24) is 29.9 Å². The Bertz CT molecular complexity index is 2870. The van der Waals surface area contributed by atoms with Crippen molar-refractivity contribution in [3.63, 3.8) is 0 Å². The first-order chi connectivity index (χ1) is 25.3. The topological polar surface area (TPSA) is 90.5 Å². The average molecular weight is 655 g/mol. The number of aromatic nitrogens is 6. The average Bonchev–Trinajstić information content (AvgIpc) is 3.60. The van der Waals surface area contributed by atoms with E-state index in [0.29, 0.717) is 28.8 Å². The van der Waals surface area contributed by atoms with Crippen molar-refractivity contribution in [3.05, 3.63) is 158 Å². The summed E-state index contributed by atoms with van der Waals surface area (Å²) in [6.07, 6.45) is 5.38. The van der Waals surface area contributed by atoms with Gasteiger partial charge in [-0.05, 0) is 46.5 Å². The summed E-state index contributed by atoms with van der Waals surface area (Å²) >= 11 is 0. The molecule has 0 unspecified atom stereocenters. The molecule has 0 spiro atoms. The number of pyridine rings is 3. The second-order valence-corrected chi connectivity index (χ2v) is 12.4. The van der Waals surface area contributed by atoms with Gasteiger partial charge in [0.05, 0.1) is 5.69 Å². The SMILES string of the molecule is c1ccc(-c2nc(-c3ccccc3)nc(-c3cc(-c4cc5ccccc5c(-c5nccc6c5oc5ccncc56)n4)cc4ccccc34)n2)cc1. The highest BCUT2D eigenvalue weighted by atomic mass is 16.3. The molecule has 0 saturated heterocycles. The molecule has 10 aromatic rings. The van der Waals surface area contributed by atoms with Crippen LogP contribution < -0.4 is 0 Å². The summed E-state index contributed by atoms with van der Waals surface area (Å²) in [4.78, 5) is 29.6. The van der Waals surface area contributed by atoms with E-state index in [4.69, 9.17) is 29.3 Å². The molecule has 0 aliphatic heterocycles. The lowest BCUT2D eigenvalue weighted by Crippen LogP contribution is -2.01. The highest BCUT2D eigenvalue weighted by Gasteiger charge is 2.20. The Morgan fingerprint density at radius 3 is 1.82 bits per heavy atom. The Kier molecular flexibility index (Phi) is 6.67. The van der Waals surface area contributed by atoms with Gasteiger partial charge >= 0.3 is 0 Å². The molecule has 5 heterocycles. The Hall–Kier alpha value is -7.12. The van der Waals surface area contributed by atoms with Crippen molar-refractivity contribution < 1.29 is 4.42 Å². The summed E-state index contributed by atoms with van der Waals surface area (Å²) in [5, 5.41) is 6.01. The van der Waals surface area contributed by atoms with Crippen molar-refractivity contribution in [1.29, 1.82) is 0 Å². The minimum atomic E-state index is 0.587. The molecule has 0 saturated carbocycles. The zero-order valence-corrected chi connectivity index (χ0v) is 27.1. The van der Waals surface area contributed by atoms with Gasteiger partial charge in [-0.25, -0.2) is 19.9 Å². The van der Waals surface area contributed by atoms with Crippen LogP contribution in [-0.4, -0.2) is 29.9 Å². The normalized spacial score (nSPS) is 11.5. The van der Waals surface area contributed by atoms with Crippen molar-refractivity contribution >= 4 is 43.5 Å². The van der Waals surface area contributed by atoms with Crippen molar-refractivity contribution in [2.45, 2.75) is 0 Å². The quantitative estimate of drug-likeness (QED) is 0.182. The summed E-state index contributed by atoms with van der Waals surface area (Å²) < 4.78 is 6.40. The molecule has 0 radical (unpaired) electrons. The van der Waals surface area contributed by atoms with Crippen LogP contribution in [-0.2, 0) is 0 Å². The fourth-order valence-electron chi connectivity index (χ4n) is 6.81. The molecule has 0 bridgehead atoms. The summed E-state index contributed by atoms with van der Waals surface area (Å²) in [6, 6.07) is 47.0. The standard InChI is InChI=1S/C44H26N6O/c1-3-11-27(12-4-1)42-48-43(28-13-5-2-6-14-28)50-44(49-42)35-24-31(23-29-15-7-9-17-32(29)35)37-25-30-16-8-10-18-33(30)39(47-37)40-41-34(19-22-46-40)36-26-45-21-20-38(36)51-41/h1-26H. The maximum absolute atomic E-state index is 6.40. The molecule has 238 valence electrons.